The van der Waals surface area contributed by atoms with Crippen molar-refractivity contribution in [3.63, 3.8) is 0 Å². The van der Waals surface area contributed by atoms with Crippen LogP contribution >= 0.6 is 11.6 Å². The van der Waals surface area contributed by atoms with E-state index < -0.39 is 15.9 Å². The third-order valence-corrected chi connectivity index (χ3v) is 7.67. The van der Waals surface area contributed by atoms with E-state index in [1.54, 1.807) is 43.0 Å². The number of carbonyl (C=O) groups excluding carboxylic acids is 2. The lowest BCUT2D eigenvalue weighted by atomic mass is 10.1. The molecule has 0 radical (unpaired) electrons. The van der Waals surface area contributed by atoms with Crippen molar-refractivity contribution in [2.24, 2.45) is 0 Å². The summed E-state index contributed by atoms with van der Waals surface area (Å²) in [6.45, 7) is 4.89. The van der Waals surface area contributed by atoms with Gasteiger partial charge in [-0.15, -0.1) is 0 Å². The van der Waals surface area contributed by atoms with Gasteiger partial charge < -0.3 is 10.2 Å². The fourth-order valence-electron chi connectivity index (χ4n) is 3.54. The molecule has 1 N–H and O–H groups in total. The van der Waals surface area contributed by atoms with Crippen LogP contribution in [-0.2, 0) is 14.8 Å². The number of carbonyl (C=O) groups is 2. The number of sulfonamides is 1. The number of nitrogens with one attached hydrogen (secondary N) is 1. The van der Waals surface area contributed by atoms with Gasteiger partial charge in [0.2, 0.25) is 15.9 Å². The van der Waals surface area contributed by atoms with Crippen LogP contribution in [0.4, 0.5) is 11.4 Å². The van der Waals surface area contributed by atoms with Gasteiger partial charge in [0, 0.05) is 37.3 Å². The molecule has 31 heavy (non-hydrogen) atoms. The summed E-state index contributed by atoms with van der Waals surface area (Å²) in [6.07, 6.45) is 2.40. The Hall–Kier alpha value is -2.42. The zero-order chi connectivity index (χ0) is 22.6. The minimum atomic E-state index is -3.68. The van der Waals surface area contributed by atoms with Crippen molar-refractivity contribution in [1.29, 1.82) is 0 Å². The smallest absolute Gasteiger partial charge is 0.255 e. The molecule has 2 amide bonds. The van der Waals surface area contributed by atoms with Crippen LogP contribution in [0.3, 0.4) is 0 Å². The van der Waals surface area contributed by atoms with Crippen molar-refractivity contribution in [3.8, 4) is 0 Å². The molecule has 1 heterocycles. The molecule has 0 bridgehead atoms. The van der Waals surface area contributed by atoms with Crippen LogP contribution in [0.5, 0.6) is 0 Å². The summed E-state index contributed by atoms with van der Waals surface area (Å²) >= 11 is 6.20. The number of hydrogen-bond acceptors (Lipinski definition) is 4. The van der Waals surface area contributed by atoms with E-state index in [1.165, 1.54) is 22.5 Å². The maximum absolute atomic E-state index is 12.8. The van der Waals surface area contributed by atoms with E-state index in [0.717, 1.165) is 18.5 Å². The molecule has 1 fully saturated rings. The van der Waals surface area contributed by atoms with Crippen LogP contribution in [-0.4, -0.2) is 44.2 Å². The molecule has 0 spiro atoms. The predicted molar refractivity (Wildman–Crippen MR) is 122 cm³/mol. The molecule has 3 rings (SSSR count). The summed E-state index contributed by atoms with van der Waals surface area (Å²) < 4.78 is 26.9. The first-order valence-corrected chi connectivity index (χ1v) is 12.1. The first-order valence-electron chi connectivity index (χ1n) is 10.3. The van der Waals surface area contributed by atoms with Crippen LogP contribution in [0, 0.1) is 0 Å². The molecule has 2 aromatic carbocycles. The van der Waals surface area contributed by atoms with Crippen molar-refractivity contribution in [3.05, 3.63) is 53.1 Å². The Labute approximate surface area is 188 Å². The molecule has 0 atom stereocenters. The highest BCUT2D eigenvalue weighted by Gasteiger charge is 2.23. The number of rotatable bonds is 7. The lowest BCUT2D eigenvalue weighted by molar-refractivity contribution is -0.119. The van der Waals surface area contributed by atoms with E-state index in [0.29, 0.717) is 31.6 Å². The van der Waals surface area contributed by atoms with Gasteiger partial charge in [0.1, 0.15) is 0 Å². The third-order valence-electron chi connectivity index (χ3n) is 5.29. The van der Waals surface area contributed by atoms with E-state index in [4.69, 9.17) is 11.6 Å². The fourth-order valence-corrected chi connectivity index (χ4v) is 5.19. The average molecular weight is 464 g/mol. The maximum atomic E-state index is 12.8. The van der Waals surface area contributed by atoms with Gasteiger partial charge in [0.15, 0.2) is 0 Å². The fraction of sp³-hybridized carbons (Fsp3) is 0.364. The van der Waals surface area contributed by atoms with Crippen LogP contribution in [0.2, 0.25) is 5.02 Å². The summed E-state index contributed by atoms with van der Waals surface area (Å²) in [7, 11) is -3.68. The van der Waals surface area contributed by atoms with E-state index in [1.807, 2.05) is 0 Å². The molecule has 9 heteroatoms. The van der Waals surface area contributed by atoms with Crippen LogP contribution in [0.25, 0.3) is 0 Å². The van der Waals surface area contributed by atoms with Crippen molar-refractivity contribution >= 4 is 44.8 Å². The second-order valence-corrected chi connectivity index (χ2v) is 9.58. The first kappa shape index (κ1) is 23.2. The lowest BCUT2D eigenvalue weighted by Gasteiger charge is -2.26. The van der Waals surface area contributed by atoms with Gasteiger partial charge in [0.05, 0.1) is 15.6 Å². The van der Waals surface area contributed by atoms with Gasteiger partial charge >= 0.3 is 0 Å². The second-order valence-electron chi connectivity index (χ2n) is 7.23. The summed E-state index contributed by atoms with van der Waals surface area (Å²) in [5, 5.41) is 2.93. The van der Waals surface area contributed by atoms with E-state index >= 15 is 0 Å². The predicted octanol–water partition coefficient (Wildman–Crippen LogP) is 4.14. The minimum Gasteiger partial charge on any atom is -0.321 e. The molecule has 1 saturated heterocycles. The highest BCUT2D eigenvalue weighted by atomic mass is 35.5. The van der Waals surface area contributed by atoms with Crippen molar-refractivity contribution in [2.75, 3.05) is 29.9 Å². The summed E-state index contributed by atoms with van der Waals surface area (Å²) in [4.78, 5) is 26.6. The normalized spacial score (nSPS) is 14.7. The quantitative estimate of drug-likeness (QED) is 0.668. The summed E-state index contributed by atoms with van der Waals surface area (Å²) in [6, 6.07) is 11.0. The van der Waals surface area contributed by atoms with Crippen LogP contribution in [0.15, 0.2) is 47.4 Å². The monoisotopic (exact) mass is 463 g/mol. The molecule has 0 aromatic heterocycles. The van der Waals surface area contributed by atoms with Crippen molar-refractivity contribution in [2.45, 2.75) is 38.0 Å². The van der Waals surface area contributed by atoms with Crippen LogP contribution in [0.1, 0.15) is 43.5 Å². The summed E-state index contributed by atoms with van der Waals surface area (Å²) in [5.41, 5.74) is 1.35. The zero-order valence-electron chi connectivity index (χ0n) is 17.6. The Balaban J connectivity index is 1.79. The Morgan fingerprint density at radius 2 is 1.77 bits per heavy atom. The highest BCUT2D eigenvalue weighted by molar-refractivity contribution is 7.89. The number of anilines is 2. The second kappa shape index (κ2) is 9.80. The minimum absolute atomic E-state index is 0.0647. The largest absolute Gasteiger partial charge is 0.321 e. The molecular weight excluding hydrogens is 438 g/mol. The third kappa shape index (κ3) is 5.08. The molecule has 0 saturated carbocycles. The average Bonchev–Trinajstić information content (AvgIpc) is 2.76. The van der Waals surface area contributed by atoms with E-state index in [2.05, 4.69) is 5.32 Å². The molecule has 166 valence electrons. The van der Waals surface area contributed by atoms with E-state index in [9.17, 15) is 18.0 Å². The Morgan fingerprint density at radius 1 is 1.10 bits per heavy atom. The molecule has 1 aliphatic rings. The number of halogens is 1. The summed E-state index contributed by atoms with van der Waals surface area (Å²) in [5.74, 6) is -0.336. The number of nitrogens with zero attached hydrogens (tertiary/aromatic N) is 2. The molecule has 0 unspecified atom stereocenters. The topological polar surface area (TPSA) is 86.8 Å². The SMILES string of the molecule is CCN(CC)S(=O)(=O)c1ccc(Cl)c(NC(=O)c2ccc(N3CCCCC3=O)cc2)c1. The maximum Gasteiger partial charge on any atom is 0.255 e. The van der Waals surface area contributed by atoms with Crippen molar-refractivity contribution in [1.82, 2.24) is 4.31 Å². The molecular formula is C22H26ClN3O4S. The molecule has 2 aromatic rings. The van der Waals surface area contributed by atoms with Gasteiger partial charge in [0.25, 0.3) is 5.91 Å². The first-order chi connectivity index (χ1) is 14.8. The van der Waals surface area contributed by atoms with Gasteiger partial charge in [-0.2, -0.15) is 4.31 Å². The molecule has 7 nitrogen and oxygen atoms in total. The van der Waals surface area contributed by atoms with E-state index in [-0.39, 0.29) is 21.5 Å². The van der Waals surface area contributed by atoms with Gasteiger partial charge in [-0.1, -0.05) is 25.4 Å². The Morgan fingerprint density at radius 3 is 2.39 bits per heavy atom. The van der Waals surface area contributed by atoms with Gasteiger partial charge in [-0.25, -0.2) is 8.42 Å². The number of amides is 2. The zero-order valence-corrected chi connectivity index (χ0v) is 19.2. The Kier molecular flexibility index (Phi) is 7.35. The van der Waals surface area contributed by atoms with Gasteiger partial charge in [-0.3, -0.25) is 9.59 Å². The lowest BCUT2D eigenvalue weighted by Crippen LogP contribution is -2.35. The molecule has 1 aliphatic heterocycles. The van der Waals surface area contributed by atoms with Crippen LogP contribution < -0.4 is 10.2 Å². The standard InChI is InChI=1S/C22H26ClN3O4S/c1-3-25(4-2)31(29,30)18-12-13-19(23)20(15-18)24-22(28)16-8-10-17(11-9-16)26-14-6-5-7-21(26)27/h8-13,15H,3-7,14H2,1-2H3,(H,24,28). The highest BCUT2D eigenvalue weighted by Crippen LogP contribution is 2.28. The molecule has 0 aliphatic carbocycles. The number of benzene rings is 2. The Bertz CT molecular complexity index is 1070. The van der Waals surface area contributed by atoms with Crippen molar-refractivity contribution < 1.29 is 18.0 Å². The number of piperidine rings is 1. The number of hydrogen-bond donors (Lipinski definition) is 1. The van der Waals surface area contributed by atoms with Gasteiger partial charge in [-0.05, 0) is 55.3 Å².